The summed E-state index contributed by atoms with van der Waals surface area (Å²) < 4.78 is 0. The Morgan fingerprint density at radius 2 is 0.808 bits per heavy atom. The molecule has 0 fully saturated rings. The molecular weight excluding hydrogens is 312 g/mol. The normalized spacial score (nSPS) is 9.69. The molecule has 0 aliphatic heterocycles. The third kappa shape index (κ3) is 3.84. The Morgan fingerprint density at radius 3 is 1.46 bits per heavy atom. The van der Waals surface area contributed by atoms with Gasteiger partial charge in [-0.15, -0.1) is 0 Å². The molecule has 4 aromatic rings. The topological polar surface area (TPSA) is 0 Å². The van der Waals surface area contributed by atoms with Crippen LogP contribution >= 0.6 is 0 Å². The molecular formula is C26H16. The first-order valence-corrected chi connectivity index (χ1v) is 8.55. The molecule has 0 heteroatoms. The summed E-state index contributed by atoms with van der Waals surface area (Å²) in [6, 6.07) is 32.7. The van der Waals surface area contributed by atoms with Gasteiger partial charge in [0.1, 0.15) is 0 Å². The molecule has 0 atom stereocenters. The van der Waals surface area contributed by atoms with Gasteiger partial charge in [-0.05, 0) is 59.3 Å². The standard InChI is InChI=1S/C26H16/c1-2-6-21(7-3-1)10-11-22-12-14-23(15-13-22)16-17-24-18-19-25-8-4-5-9-26(25)20-24/h1-9,12-15,18-20H. The first kappa shape index (κ1) is 15.8. The second-order valence-corrected chi connectivity index (χ2v) is 6.01. The van der Waals surface area contributed by atoms with Gasteiger partial charge >= 0.3 is 0 Å². The summed E-state index contributed by atoms with van der Waals surface area (Å²) in [7, 11) is 0. The van der Waals surface area contributed by atoms with E-state index in [4.69, 9.17) is 0 Å². The molecule has 0 unspecified atom stereocenters. The number of fused-ring (bicyclic) bond motifs is 1. The molecule has 0 spiro atoms. The molecule has 0 saturated heterocycles. The molecule has 0 amide bonds. The predicted molar refractivity (Wildman–Crippen MR) is 109 cm³/mol. The molecule has 0 nitrogen and oxygen atoms in total. The van der Waals surface area contributed by atoms with E-state index < -0.39 is 0 Å². The van der Waals surface area contributed by atoms with E-state index in [1.807, 2.05) is 54.6 Å². The van der Waals surface area contributed by atoms with Gasteiger partial charge in [0, 0.05) is 22.3 Å². The van der Waals surface area contributed by atoms with Gasteiger partial charge in [-0.3, -0.25) is 0 Å². The van der Waals surface area contributed by atoms with Crippen molar-refractivity contribution in [3.63, 3.8) is 0 Å². The van der Waals surface area contributed by atoms with Crippen molar-refractivity contribution in [1.82, 2.24) is 0 Å². The molecule has 0 N–H and O–H groups in total. The van der Waals surface area contributed by atoms with Gasteiger partial charge in [0.15, 0.2) is 0 Å². The molecule has 0 bridgehead atoms. The Balaban J connectivity index is 1.52. The van der Waals surface area contributed by atoms with Gasteiger partial charge in [-0.2, -0.15) is 0 Å². The largest absolute Gasteiger partial charge is 0.0622 e. The van der Waals surface area contributed by atoms with Crippen LogP contribution in [-0.2, 0) is 0 Å². The van der Waals surface area contributed by atoms with Crippen molar-refractivity contribution < 1.29 is 0 Å². The highest BCUT2D eigenvalue weighted by Gasteiger charge is 1.93. The molecule has 0 aromatic heterocycles. The molecule has 0 aliphatic rings. The SMILES string of the molecule is C(#Cc1ccc(C#Cc2ccc3ccccc3c2)cc1)c1ccccc1. The predicted octanol–water partition coefficient (Wildman–Crippen LogP) is 5.64. The van der Waals surface area contributed by atoms with Crippen LogP contribution in [0.3, 0.4) is 0 Å². The van der Waals surface area contributed by atoms with Crippen molar-refractivity contribution in [2.45, 2.75) is 0 Å². The van der Waals surface area contributed by atoms with Crippen LogP contribution in [0.25, 0.3) is 10.8 Å². The molecule has 0 aliphatic carbocycles. The zero-order valence-electron chi connectivity index (χ0n) is 14.2. The van der Waals surface area contributed by atoms with Gasteiger partial charge < -0.3 is 0 Å². The van der Waals surface area contributed by atoms with Crippen molar-refractivity contribution in [2.75, 3.05) is 0 Å². The van der Waals surface area contributed by atoms with Crippen molar-refractivity contribution in [3.8, 4) is 23.7 Å². The van der Waals surface area contributed by atoms with Crippen molar-refractivity contribution in [3.05, 3.63) is 119 Å². The molecule has 0 saturated carbocycles. The fourth-order valence-corrected chi connectivity index (χ4v) is 2.71. The summed E-state index contributed by atoms with van der Waals surface area (Å²) in [5.41, 5.74) is 4.03. The first-order valence-electron chi connectivity index (χ1n) is 8.55. The van der Waals surface area contributed by atoms with Gasteiger partial charge in [0.05, 0.1) is 0 Å². The number of hydrogen-bond acceptors (Lipinski definition) is 0. The fraction of sp³-hybridized carbons (Fsp3) is 0. The Morgan fingerprint density at radius 1 is 0.346 bits per heavy atom. The number of benzene rings is 4. The van der Waals surface area contributed by atoms with Gasteiger partial charge in [-0.25, -0.2) is 0 Å². The molecule has 120 valence electrons. The summed E-state index contributed by atoms with van der Waals surface area (Å²) in [5, 5.41) is 2.45. The fourth-order valence-electron chi connectivity index (χ4n) is 2.71. The quantitative estimate of drug-likeness (QED) is 0.366. The summed E-state index contributed by atoms with van der Waals surface area (Å²) in [6.45, 7) is 0. The monoisotopic (exact) mass is 328 g/mol. The maximum absolute atomic E-state index is 3.24. The summed E-state index contributed by atoms with van der Waals surface area (Å²) >= 11 is 0. The minimum absolute atomic E-state index is 0.989. The molecule has 4 aromatic carbocycles. The first-order chi connectivity index (χ1) is 12.9. The van der Waals surface area contributed by atoms with E-state index in [1.165, 1.54) is 10.8 Å². The zero-order chi connectivity index (χ0) is 17.6. The van der Waals surface area contributed by atoms with E-state index in [0.717, 1.165) is 22.3 Å². The Bertz CT molecular complexity index is 1160. The lowest BCUT2D eigenvalue weighted by Gasteiger charge is -1.97. The zero-order valence-corrected chi connectivity index (χ0v) is 14.2. The van der Waals surface area contributed by atoms with E-state index in [0.29, 0.717) is 0 Å². The van der Waals surface area contributed by atoms with Crippen LogP contribution in [-0.4, -0.2) is 0 Å². The van der Waals surface area contributed by atoms with Gasteiger partial charge in [0.25, 0.3) is 0 Å². The van der Waals surface area contributed by atoms with E-state index in [2.05, 4.69) is 66.1 Å². The smallest absolute Gasteiger partial charge is 0.0255 e. The minimum atomic E-state index is 0.989. The second-order valence-electron chi connectivity index (χ2n) is 6.01. The minimum Gasteiger partial charge on any atom is -0.0622 e. The van der Waals surface area contributed by atoms with Crippen molar-refractivity contribution in [1.29, 1.82) is 0 Å². The number of hydrogen-bond donors (Lipinski definition) is 0. The Labute approximate surface area is 154 Å². The van der Waals surface area contributed by atoms with E-state index in [1.54, 1.807) is 0 Å². The van der Waals surface area contributed by atoms with E-state index in [9.17, 15) is 0 Å². The summed E-state index contributed by atoms with van der Waals surface area (Å²) in [6.07, 6.45) is 0. The molecule has 4 rings (SSSR count). The highest BCUT2D eigenvalue weighted by atomic mass is 14.0. The number of rotatable bonds is 0. The Kier molecular flexibility index (Phi) is 4.51. The average molecular weight is 328 g/mol. The third-order valence-corrected chi connectivity index (χ3v) is 4.11. The molecule has 26 heavy (non-hydrogen) atoms. The van der Waals surface area contributed by atoms with Crippen LogP contribution in [0.5, 0.6) is 0 Å². The highest BCUT2D eigenvalue weighted by Crippen LogP contribution is 2.15. The van der Waals surface area contributed by atoms with Crippen LogP contribution in [0.15, 0.2) is 97.1 Å². The summed E-state index contributed by atoms with van der Waals surface area (Å²) in [4.78, 5) is 0. The van der Waals surface area contributed by atoms with Crippen molar-refractivity contribution >= 4 is 10.8 Å². The van der Waals surface area contributed by atoms with Crippen LogP contribution < -0.4 is 0 Å². The van der Waals surface area contributed by atoms with Crippen LogP contribution in [0.1, 0.15) is 22.3 Å². The van der Waals surface area contributed by atoms with E-state index in [-0.39, 0.29) is 0 Å². The maximum atomic E-state index is 3.24. The Hall–Kier alpha value is -3.74. The van der Waals surface area contributed by atoms with Crippen molar-refractivity contribution in [2.24, 2.45) is 0 Å². The lowest BCUT2D eigenvalue weighted by atomic mass is 10.1. The lowest BCUT2D eigenvalue weighted by Crippen LogP contribution is -1.79. The van der Waals surface area contributed by atoms with Crippen LogP contribution in [0.4, 0.5) is 0 Å². The van der Waals surface area contributed by atoms with Crippen LogP contribution in [0.2, 0.25) is 0 Å². The second kappa shape index (κ2) is 7.43. The average Bonchev–Trinajstić information content (AvgIpc) is 2.72. The third-order valence-electron chi connectivity index (χ3n) is 4.11. The highest BCUT2D eigenvalue weighted by molar-refractivity contribution is 5.83. The van der Waals surface area contributed by atoms with E-state index >= 15 is 0 Å². The molecule has 0 heterocycles. The summed E-state index contributed by atoms with van der Waals surface area (Å²) in [5.74, 6) is 12.8. The lowest BCUT2D eigenvalue weighted by molar-refractivity contribution is 1.59. The van der Waals surface area contributed by atoms with Crippen LogP contribution in [0, 0.1) is 23.7 Å². The molecule has 0 radical (unpaired) electrons. The maximum Gasteiger partial charge on any atom is 0.0255 e. The van der Waals surface area contributed by atoms with Gasteiger partial charge in [-0.1, -0.05) is 72.2 Å². The van der Waals surface area contributed by atoms with Gasteiger partial charge in [0.2, 0.25) is 0 Å².